The molecule has 1 N–H and O–H groups in total. The normalized spacial score (nSPS) is 27.5. The van der Waals surface area contributed by atoms with Crippen molar-refractivity contribution in [1.29, 1.82) is 0 Å². The number of hydrogen-bond acceptors (Lipinski definition) is 1. The molecule has 92 valence electrons. The third kappa shape index (κ3) is 1.94. The first-order valence-electron chi connectivity index (χ1n) is 5.84. The monoisotopic (exact) mass is 236 g/mol. The average molecular weight is 236 g/mol. The quantitative estimate of drug-likeness (QED) is 0.874. The zero-order chi connectivity index (χ0) is 12.8. The van der Waals surface area contributed by atoms with E-state index in [-0.39, 0.29) is 29.0 Å². The van der Waals surface area contributed by atoms with Crippen molar-refractivity contribution in [3.8, 4) is 0 Å². The Morgan fingerprint density at radius 1 is 1.35 bits per heavy atom. The van der Waals surface area contributed by atoms with Crippen LogP contribution in [0.2, 0.25) is 0 Å². The molecule has 0 aliphatic heterocycles. The molecule has 1 saturated carbocycles. The fraction of sp³-hybridized carbons (Fsp3) is 0.500. The van der Waals surface area contributed by atoms with E-state index in [4.69, 9.17) is 5.11 Å². The zero-order valence-electron chi connectivity index (χ0n) is 10.3. The van der Waals surface area contributed by atoms with Gasteiger partial charge < -0.3 is 5.11 Å². The van der Waals surface area contributed by atoms with Gasteiger partial charge >= 0.3 is 5.97 Å². The molecule has 0 radical (unpaired) electrons. The molecule has 2 nitrogen and oxygen atoms in total. The summed E-state index contributed by atoms with van der Waals surface area (Å²) in [5, 5.41) is 9.14. The van der Waals surface area contributed by atoms with Crippen LogP contribution in [0.25, 0.3) is 0 Å². The fourth-order valence-electron chi connectivity index (χ4n) is 3.06. The number of halogens is 1. The third-order valence-electron chi connectivity index (χ3n) is 4.11. The Hall–Kier alpha value is -1.38. The molecule has 1 fully saturated rings. The lowest BCUT2D eigenvalue weighted by molar-refractivity contribution is -0.139. The van der Waals surface area contributed by atoms with Gasteiger partial charge in [0.05, 0.1) is 5.92 Å². The minimum atomic E-state index is -0.728. The first kappa shape index (κ1) is 12.1. The molecule has 0 heterocycles. The largest absolute Gasteiger partial charge is 0.481 e. The molecule has 1 aliphatic carbocycles. The van der Waals surface area contributed by atoms with E-state index < -0.39 is 5.97 Å². The summed E-state index contributed by atoms with van der Waals surface area (Å²) >= 11 is 0. The number of carbonyl (C=O) groups is 1. The minimum absolute atomic E-state index is 0.130. The van der Waals surface area contributed by atoms with Crippen molar-refractivity contribution < 1.29 is 14.3 Å². The third-order valence-corrected chi connectivity index (χ3v) is 4.11. The van der Waals surface area contributed by atoms with Crippen molar-refractivity contribution >= 4 is 5.97 Å². The van der Waals surface area contributed by atoms with Crippen LogP contribution in [-0.4, -0.2) is 11.1 Å². The Kier molecular flexibility index (Phi) is 2.72. The van der Waals surface area contributed by atoms with Gasteiger partial charge in [0, 0.05) is 0 Å². The molecule has 3 heteroatoms. The molecule has 0 aromatic heterocycles. The van der Waals surface area contributed by atoms with E-state index in [1.807, 2.05) is 20.8 Å². The summed E-state index contributed by atoms with van der Waals surface area (Å²) < 4.78 is 12.8. The highest BCUT2D eigenvalue weighted by Crippen LogP contribution is 2.63. The number of rotatable bonds is 3. The molecule has 1 aliphatic rings. The first-order valence-corrected chi connectivity index (χ1v) is 5.84. The average Bonchev–Trinajstić information content (AvgIpc) is 2.82. The summed E-state index contributed by atoms with van der Waals surface area (Å²) in [7, 11) is 0. The van der Waals surface area contributed by atoms with Gasteiger partial charge in [0.2, 0.25) is 0 Å². The molecule has 1 aromatic rings. The van der Waals surface area contributed by atoms with Gasteiger partial charge in [-0.3, -0.25) is 4.79 Å². The Balaban J connectivity index is 2.20. The summed E-state index contributed by atoms with van der Waals surface area (Å²) in [5.41, 5.74) is 0.841. The maximum atomic E-state index is 12.8. The van der Waals surface area contributed by atoms with Crippen LogP contribution in [-0.2, 0) is 4.79 Å². The Labute approximate surface area is 100 Å². The van der Waals surface area contributed by atoms with Gasteiger partial charge in [-0.1, -0.05) is 32.9 Å². The van der Waals surface area contributed by atoms with Crippen LogP contribution < -0.4 is 0 Å². The maximum Gasteiger partial charge on any atom is 0.307 e. The second kappa shape index (κ2) is 3.83. The van der Waals surface area contributed by atoms with E-state index in [0.29, 0.717) is 0 Å². The number of carboxylic acids is 1. The summed E-state index contributed by atoms with van der Waals surface area (Å²) in [6.45, 7) is 5.98. The Morgan fingerprint density at radius 2 is 1.88 bits per heavy atom. The molecule has 0 saturated heterocycles. The van der Waals surface area contributed by atoms with E-state index in [2.05, 4.69) is 0 Å². The van der Waals surface area contributed by atoms with Crippen LogP contribution in [0.15, 0.2) is 24.3 Å². The predicted octanol–water partition coefficient (Wildman–Crippen LogP) is 3.29. The SMILES string of the molecule is CC(c1ccc(F)cc1)C1C(C(=O)O)C1(C)C. The maximum absolute atomic E-state index is 12.8. The molecule has 0 bridgehead atoms. The molecule has 3 atom stereocenters. The number of carboxylic acid groups (broad SMARTS) is 1. The van der Waals surface area contributed by atoms with Gasteiger partial charge in [0.1, 0.15) is 5.82 Å². The van der Waals surface area contributed by atoms with Gasteiger partial charge in [-0.2, -0.15) is 0 Å². The number of hydrogen-bond donors (Lipinski definition) is 1. The predicted molar refractivity (Wildman–Crippen MR) is 63.2 cm³/mol. The molecule has 3 unspecified atom stereocenters. The smallest absolute Gasteiger partial charge is 0.307 e. The van der Waals surface area contributed by atoms with Gasteiger partial charge in [-0.15, -0.1) is 0 Å². The number of benzene rings is 1. The lowest BCUT2D eigenvalue weighted by Crippen LogP contribution is -2.04. The van der Waals surface area contributed by atoms with Gasteiger partial charge in [0.25, 0.3) is 0 Å². The molecule has 2 rings (SSSR count). The lowest BCUT2D eigenvalue weighted by atomic mass is 9.92. The Morgan fingerprint density at radius 3 is 2.29 bits per heavy atom. The van der Waals surface area contributed by atoms with Gasteiger partial charge in [0.15, 0.2) is 0 Å². The second-order valence-corrected chi connectivity index (χ2v) is 5.50. The minimum Gasteiger partial charge on any atom is -0.481 e. The second-order valence-electron chi connectivity index (χ2n) is 5.50. The first-order chi connectivity index (χ1) is 7.85. The number of aliphatic carboxylic acids is 1. The summed E-state index contributed by atoms with van der Waals surface area (Å²) in [5.74, 6) is -1.00. The molecular weight excluding hydrogens is 219 g/mol. The van der Waals surface area contributed by atoms with Crippen LogP contribution in [0, 0.1) is 23.1 Å². The lowest BCUT2D eigenvalue weighted by Gasteiger charge is -2.13. The van der Waals surface area contributed by atoms with Crippen molar-refractivity contribution in [3.05, 3.63) is 35.6 Å². The van der Waals surface area contributed by atoms with Crippen LogP contribution in [0.4, 0.5) is 4.39 Å². The van der Waals surface area contributed by atoms with Gasteiger partial charge in [-0.25, -0.2) is 4.39 Å². The van der Waals surface area contributed by atoms with Gasteiger partial charge in [-0.05, 0) is 34.9 Å². The summed E-state index contributed by atoms with van der Waals surface area (Å²) in [6.07, 6.45) is 0. The molecule has 0 amide bonds. The highest BCUT2D eigenvalue weighted by molar-refractivity contribution is 5.75. The highest BCUT2D eigenvalue weighted by Gasteiger charge is 2.63. The molecule has 1 aromatic carbocycles. The molecule has 0 spiro atoms. The van der Waals surface area contributed by atoms with E-state index in [0.717, 1.165) is 5.56 Å². The van der Waals surface area contributed by atoms with Crippen LogP contribution in [0.1, 0.15) is 32.3 Å². The van der Waals surface area contributed by atoms with Crippen molar-refractivity contribution in [2.45, 2.75) is 26.7 Å². The topological polar surface area (TPSA) is 37.3 Å². The van der Waals surface area contributed by atoms with Crippen LogP contribution >= 0.6 is 0 Å². The van der Waals surface area contributed by atoms with Crippen molar-refractivity contribution in [1.82, 2.24) is 0 Å². The standard InChI is InChI=1S/C14H17FO2/c1-8(9-4-6-10(15)7-5-9)11-12(13(16)17)14(11,2)3/h4-8,11-12H,1-3H3,(H,16,17). The van der Waals surface area contributed by atoms with Crippen LogP contribution in [0.3, 0.4) is 0 Å². The van der Waals surface area contributed by atoms with E-state index >= 15 is 0 Å². The van der Waals surface area contributed by atoms with E-state index in [1.165, 1.54) is 12.1 Å². The van der Waals surface area contributed by atoms with Crippen molar-refractivity contribution in [2.75, 3.05) is 0 Å². The van der Waals surface area contributed by atoms with Crippen molar-refractivity contribution in [2.24, 2.45) is 17.3 Å². The van der Waals surface area contributed by atoms with E-state index in [1.54, 1.807) is 12.1 Å². The van der Waals surface area contributed by atoms with Crippen molar-refractivity contribution in [3.63, 3.8) is 0 Å². The highest BCUT2D eigenvalue weighted by atomic mass is 19.1. The van der Waals surface area contributed by atoms with E-state index in [9.17, 15) is 9.18 Å². The molecular formula is C14H17FO2. The zero-order valence-corrected chi connectivity index (χ0v) is 10.3. The fourth-order valence-corrected chi connectivity index (χ4v) is 3.06. The van der Waals surface area contributed by atoms with Crippen LogP contribution in [0.5, 0.6) is 0 Å². The summed E-state index contributed by atoms with van der Waals surface area (Å²) in [4.78, 5) is 11.1. The summed E-state index contributed by atoms with van der Waals surface area (Å²) in [6, 6.07) is 6.34. The molecule has 17 heavy (non-hydrogen) atoms. The Bertz CT molecular complexity index is 436.